The Bertz CT molecular complexity index is 1550. The molecular weight excluding hydrogens is 662 g/mol. The van der Waals surface area contributed by atoms with Crippen molar-refractivity contribution in [1.29, 1.82) is 0 Å². The van der Waals surface area contributed by atoms with E-state index in [2.05, 4.69) is 15.7 Å². The number of amides is 5. The molecule has 0 radical (unpaired) electrons. The highest BCUT2D eigenvalue weighted by molar-refractivity contribution is 5.96. The molecule has 1 saturated carbocycles. The van der Waals surface area contributed by atoms with E-state index in [0.29, 0.717) is 44.1 Å². The molecule has 2 saturated heterocycles. The number of nitrogens with one attached hydrogen (secondary N) is 2. The van der Waals surface area contributed by atoms with Crippen molar-refractivity contribution in [3.05, 3.63) is 42.1 Å². The number of carbonyl (C=O) groups excluding carboxylic acids is 5. The highest BCUT2D eigenvalue weighted by Gasteiger charge is 2.36. The van der Waals surface area contributed by atoms with Crippen molar-refractivity contribution in [2.75, 3.05) is 52.5 Å². The fourth-order valence-electron chi connectivity index (χ4n) is 6.06. The zero-order chi connectivity index (χ0) is 36.3. The molecule has 5 rings (SSSR count). The monoisotopic (exact) mass is 709 g/mol. The van der Waals surface area contributed by atoms with E-state index in [1.54, 1.807) is 30.3 Å². The Hall–Kier alpha value is -5.15. The summed E-state index contributed by atoms with van der Waals surface area (Å²) in [7, 11) is 0. The van der Waals surface area contributed by atoms with Crippen LogP contribution in [-0.2, 0) is 23.9 Å². The third-order valence-corrected chi connectivity index (χ3v) is 9.21. The smallest absolute Gasteiger partial charge is 0.409 e. The van der Waals surface area contributed by atoms with Crippen LogP contribution in [0, 0.1) is 5.92 Å². The lowest BCUT2D eigenvalue weighted by molar-refractivity contribution is -0.140. The summed E-state index contributed by atoms with van der Waals surface area (Å²) in [6.07, 6.45) is 4.13. The summed E-state index contributed by atoms with van der Waals surface area (Å²) in [6.45, 7) is 3.81. The third-order valence-electron chi connectivity index (χ3n) is 9.21. The Balaban J connectivity index is 1.25. The number of nitrogens with zero attached hydrogens (tertiary/aromatic N) is 5. The third kappa shape index (κ3) is 10.2. The second-order valence-electron chi connectivity index (χ2n) is 13.1. The van der Waals surface area contributed by atoms with Crippen LogP contribution >= 0.6 is 0 Å². The summed E-state index contributed by atoms with van der Waals surface area (Å²) in [6, 6.07) is 8.43. The van der Waals surface area contributed by atoms with Gasteiger partial charge in [0, 0.05) is 51.8 Å². The van der Waals surface area contributed by atoms with Crippen molar-refractivity contribution in [1.82, 2.24) is 35.1 Å². The van der Waals surface area contributed by atoms with Crippen LogP contribution in [0.3, 0.4) is 0 Å². The fraction of sp³-hybridized carbons (Fsp3) is 0.571. The molecule has 3 fully saturated rings. The van der Waals surface area contributed by atoms with Gasteiger partial charge in [0.1, 0.15) is 12.1 Å². The van der Waals surface area contributed by atoms with Gasteiger partial charge in [0.2, 0.25) is 17.7 Å². The van der Waals surface area contributed by atoms with Gasteiger partial charge in [0.15, 0.2) is 12.3 Å². The number of likely N-dealkylation sites (tertiary alicyclic amines) is 1. The normalized spacial score (nSPS) is 17.8. The quantitative estimate of drug-likeness (QED) is 0.217. The molecule has 276 valence electrons. The van der Waals surface area contributed by atoms with Crippen LogP contribution in [0.15, 0.2) is 36.4 Å². The van der Waals surface area contributed by atoms with E-state index < -0.39 is 42.6 Å². The van der Waals surface area contributed by atoms with E-state index in [-0.39, 0.29) is 62.4 Å². The number of hydrogen-bond acceptors (Lipinski definition) is 9. The summed E-state index contributed by atoms with van der Waals surface area (Å²) >= 11 is 0. The van der Waals surface area contributed by atoms with E-state index >= 15 is 0 Å². The molecule has 16 heteroatoms. The summed E-state index contributed by atoms with van der Waals surface area (Å²) in [4.78, 5) is 81.6. The minimum absolute atomic E-state index is 0.0870. The molecule has 2 aliphatic heterocycles. The van der Waals surface area contributed by atoms with Gasteiger partial charge < -0.3 is 39.9 Å². The first kappa shape index (κ1) is 37.1. The molecule has 0 spiro atoms. The van der Waals surface area contributed by atoms with Crippen molar-refractivity contribution in [3.63, 3.8) is 0 Å². The molecule has 3 aliphatic rings. The fourth-order valence-corrected chi connectivity index (χ4v) is 6.06. The highest BCUT2D eigenvalue weighted by atomic mass is 16.6. The molecule has 1 aromatic carbocycles. The van der Waals surface area contributed by atoms with Crippen LogP contribution in [0.25, 0.3) is 5.69 Å². The maximum Gasteiger partial charge on any atom is 0.409 e. The van der Waals surface area contributed by atoms with Crippen molar-refractivity contribution < 1.29 is 43.3 Å². The largest absolute Gasteiger partial charge is 0.481 e. The number of unbranched alkanes of at least 4 members (excludes halogenated alkanes) is 1. The van der Waals surface area contributed by atoms with Gasteiger partial charge >= 0.3 is 12.1 Å². The summed E-state index contributed by atoms with van der Waals surface area (Å²) in [5, 5.41) is 19.4. The molecule has 1 aromatic heterocycles. The second kappa shape index (κ2) is 17.7. The summed E-state index contributed by atoms with van der Waals surface area (Å²) < 4.78 is 12.6. The molecule has 2 aromatic rings. The van der Waals surface area contributed by atoms with Gasteiger partial charge in [0.05, 0.1) is 12.3 Å². The Labute approximate surface area is 296 Å². The topological polar surface area (TPSA) is 193 Å². The summed E-state index contributed by atoms with van der Waals surface area (Å²) in [5.41, 5.74) is 0.426. The number of aromatic nitrogens is 2. The minimum atomic E-state index is -1.18. The van der Waals surface area contributed by atoms with E-state index in [4.69, 9.17) is 9.47 Å². The molecule has 3 N–H and O–H groups in total. The van der Waals surface area contributed by atoms with Gasteiger partial charge in [-0.1, -0.05) is 31.5 Å². The molecular formula is C35H47N7O9. The Morgan fingerprint density at radius 2 is 1.71 bits per heavy atom. The number of rotatable bonds is 16. The lowest BCUT2D eigenvalue weighted by atomic mass is 10.1. The Morgan fingerprint density at radius 3 is 2.39 bits per heavy atom. The Morgan fingerprint density at radius 1 is 0.980 bits per heavy atom. The number of ether oxygens (including phenoxy) is 2. The van der Waals surface area contributed by atoms with E-state index in [9.17, 15) is 33.9 Å². The van der Waals surface area contributed by atoms with Gasteiger partial charge in [-0.25, -0.2) is 9.48 Å². The number of benzene rings is 1. The second-order valence-corrected chi connectivity index (χ2v) is 13.1. The number of carboxylic acids is 1. The first-order chi connectivity index (χ1) is 24.6. The molecule has 0 bridgehead atoms. The lowest BCUT2D eigenvalue weighted by Gasteiger charge is -2.36. The first-order valence-corrected chi connectivity index (χ1v) is 17.7. The molecule has 5 amide bonds. The lowest BCUT2D eigenvalue weighted by Crippen LogP contribution is -2.56. The number of para-hydroxylation sites is 1. The number of piperazine rings is 1. The molecule has 2 unspecified atom stereocenters. The highest BCUT2D eigenvalue weighted by Crippen LogP contribution is 2.28. The predicted molar refractivity (Wildman–Crippen MR) is 182 cm³/mol. The van der Waals surface area contributed by atoms with Crippen molar-refractivity contribution in [2.24, 2.45) is 5.92 Å². The Kier molecular flexibility index (Phi) is 12.9. The molecule has 51 heavy (non-hydrogen) atoms. The minimum Gasteiger partial charge on any atom is -0.481 e. The van der Waals surface area contributed by atoms with Gasteiger partial charge in [-0.2, -0.15) is 5.10 Å². The number of aliphatic carboxylic acids is 1. The van der Waals surface area contributed by atoms with Gasteiger partial charge in [0.25, 0.3) is 11.8 Å². The van der Waals surface area contributed by atoms with Crippen molar-refractivity contribution >= 4 is 35.7 Å². The number of carbonyl (C=O) groups is 6. The van der Waals surface area contributed by atoms with Crippen LogP contribution in [0.2, 0.25) is 0 Å². The standard InChI is InChI=1S/C35H47N7O9/c1-2-3-20-50-35(49)40-18-16-39(17-19-40)34(48)26(13-14-31(44)45)37-32(46)27-21-30(42(38-27)25-8-5-4-6-9-25)51-23-29(43)41-15-7-10-28(41)33(47)36-22-24-11-12-24/h4-6,8-9,21,24,26,28H,2-3,7,10-20,22-23H2,1H3,(H,36,47)(H,37,46)(H,44,45). The zero-order valence-corrected chi connectivity index (χ0v) is 29.0. The van der Waals surface area contributed by atoms with Gasteiger partial charge in [-0.15, -0.1) is 0 Å². The van der Waals surface area contributed by atoms with Crippen LogP contribution in [-0.4, -0.2) is 130 Å². The van der Waals surface area contributed by atoms with Crippen LogP contribution < -0.4 is 15.4 Å². The maximum atomic E-state index is 13.6. The average Bonchev–Trinajstić information content (AvgIpc) is 3.65. The SMILES string of the molecule is CCCCOC(=O)N1CCN(C(=O)C(CCC(=O)O)NC(=O)c2cc(OCC(=O)N3CCCC3C(=O)NCC3CC3)n(-c3ccccc3)n2)CC1. The van der Waals surface area contributed by atoms with Gasteiger partial charge in [-0.3, -0.25) is 24.0 Å². The number of carboxylic acid groups (broad SMARTS) is 1. The zero-order valence-electron chi connectivity index (χ0n) is 29.0. The van der Waals surface area contributed by atoms with E-state index in [0.717, 1.165) is 25.7 Å². The van der Waals surface area contributed by atoms with Crippen molar-refractivity contribution in [2.45, 2.75) is 70.4 Å². The molecule has 3 heterocycles. The van der Waals surface area contributed by atoms with E-state index in [1.165, 1.54) is 25.4 Å². The van der Waals surface area contributed by atoms with Crippen molar-refractivity contribution in [3.8, 4) is 11.6 Å². The average molecular weight is 710 g/mol. The molecule has 2 atom stereocenters. The number of hydrogen-bond donors (Lipinski definition) is 3. The van der Waals surface area contributed by atoms with Crippen LogP contribution in [0.5, 0.6) is 5.88 Å². The molecule has 16 nitrogen and oxygen atoms in total. The van der Waals surface area contributed by atoms with Crippen LogP contribution in [0.1, 0.15) is 68.8 Å². The summed E-state index contributed by atoms with van der Waals surface area (Å²) in [5.74, 6) is -2.29. The maximum absolute atomic E-state index is 13.6. The first-order valence-electron chi connectivity index (χ1n) is 17.7. The van der Waals surface area contributed by atoms with Gasteiger partial charge in [-0.05, 0) is 56.6 Å². The van der Waals surface area contributed by atoms with Crippen LogP contribution in [0.4, 0.5) is 4.79 Å². The predicted octanol–water partition coefficient (Wildman–Crippen LogP) is 1.81. The van der Waals surface area contributed by atoms with E-state index in [1.807, 2.05) is 6.92 Å². The molecule has 1 aliphatic carbocycles.